The lowest BCUT2D eigenvalue weighted by atomic mass is 10.1. The zero-order valence-corrected chi connectivity index (χ0v) is 16.7. The summed E-state index contributed by atoms with van der Waals surface area (Å²) in [6.45, 7) is 5.41. The van der Waals surface area contributed by atoms with Crippen LogP contribution < -0.4 is 16.0 Å². The van der Waals surface area contributed by atoms with Gasteiger partial charge in [0.05, 0.1) is 12.7 Å². The molecule has 0 aliphatic carbocycles. The highest BCUT2D eigenvalue weighted by atomic mass is 32.1. The summed E-state index contributed by atoms with van der Waals surface area (Å²) < 4.78 is 4.91. The first-order valence-corrected chi connectivity index (χ1v) is 9.24. The fourth-order valence-corrected chi connectivity index (χ4v) is 3.98. The second-order valence-electron chi connectivity index (χ2n) is 5.53. The number of rotatable bonds is 5. The van der Waals surface area contributed by atoms with Crippen molar-refractivity contribution in [3.63, 3.8) is 0 Å². The molecule has 1 aromatic carbocycles. The van der Waals surface area contributed by atoms with Gasteiger partial charge in [-0.05, 0) is 49.3 Å². The second kappa shape index (κ2) is 8.77. The summed E-state index contributed by atoms with van der Waals surface area (Å²) in [4.78, 5) is 24.4. The molecule has 0 bridgehead atoms. The maximum absolute atomic E-state index is 12.2. The highest BCUT2D eigenvalue weighted by Crippen LogP contribution is 2.34. The number of esters is 1. The Hall–Kier alpha value is -2.45. The molecule has 1 heterocycles. The Morgan fingerprint density at radius 3 is 2.42 bits per heavy atom. The van der Waals surface area contributed by atoms with E-state index in [2.05, 4.69) is 16.0 Å². The Labute approximate surface area is 161 Å². The molecule has 1 amide bonds. The minimum atomic E-state index is -0.385. The third-order valence-electron chi connectivity index (χ3n) is 3.62. The molecule has 6 nitrogen and oxygen atoms in total. The molecule has 0 unspecified atom stereocenters. The molecule has 0 saturated heterocycles. The van der Waals surface area contributed by atoms with Crippen LogP contribution >= 0.6 is 23.6 Å². The number of aryl methyl sites for hydroxylation is 1. The van der Waals surface area contributed by atoms with Crippen LogP contribution in [0.15, 0.2) is 24.3 Å². The van der Waals surface area contributed by atoms with Crippen molar-refractivity contribution in [2.45, 2.75) is 27.2 Å². The van der Waals surface area contributed by atoms with Crippen LogP contribution in [-0.4, -0.2) is 24.1 Å². The predicted molar refractivity (Wildman–Crippen MR) is 110 cm³/mol. The van der Waals surface area contributed by atoms with Crippen molar-refractivity contribution in [1.82, 2.24) is 0 Å². The third kappa shape index (κ3) is 4.80. The molecule has 0 fully saturated rings. The number of thiophene rings is 1. The predicted octanol–water partition coefficient (Wildman–Crippen LogP) is 4.17. The number of hydrogen-bond donors (Lipinski definition) is 3. The molecule has 1 aromatic heterocycles. The van der Waals surface area contributed by atoms with Crippen molar-refractivity contribution in [2.24, 2.45) is 0 Å². The Kier molecular flexibility index (Phi) is 6.70. The van der Waals surface area contributed by atoms with E-state index in [9.17, 15) is 9.59 Å². The second-order valence-corrected chi connectivity index (χ2v) is 7.16. The fourth-order valence-electron chi connectivity index (χ4n) is 2.55. The molecule has 3 N–H and O–H groups in total. The van der Waals surface area contributed by atoms with Crippen molar-refractivity contribution in [3.05, 3.63) is 40.3 Å². The zero-order valence-electron chi connectivity index (χ0n) is 15.1. The summed E-state index contributed by atoms with van der Waals surface area (Å²) in [6.07, 6.45) is 0.730. The van der Waals surface area contributed by atoms with Crippen LogP contribution in [0.4, 0.5) is 16.4 Å². The Morgan fingerprint density at radius 1 is 1.19 bits per heavy atom. The van der Waals surface area contributed by atoms with Gasteiger partial charge in [0.25, 0.3) is 0 Å². The van der Waals surface area contributed by atoms with Gasteiger partial charge in [-0.15, -0.1) is 11.3 Å². The summed E-state index contributed by atoms with van der Waals surface area (Å²) in [5, 5.41) is 9.86. The van der Waals surface area contributed by atoms with Gasteiger partial charge < -0.3 is 20.7 Å². The van der Waals surface area contributed by atoms with E-state index >= 15 is 0 Å². The van der Waals surface area contributed by atoms with Crippen molar-refractivity contribution in [2.75, 3.05) is 23.1 Å². The maximum Gasteiger partial charge on any atom is 0.341 e. The Balaban J connectivity index is 2.18. The molecule has 0 aliphatic rings. The van der Waals surface area contributed by atoms with Crippen LogP contribution in [-0.2, 0) is 16.0 Å². The minimum absolute atomic E-state index is 0.147. The van der Waals surface area contributed by atoms with Crippen LogP contribution in [0.25, 0.3) is 0 Å². The minimum Gasteiger partial charge on any atom is -0.465 e. The highest BCUT2D eigenvalue weighted by molar-refractivity contribution is 7.80. The summed E-state index contributed by atoms with van der Waals surface area (Å²) in [5.74, 6) is -0.532. The SMILES string of the molecule is CCc1c(C)sc(NC(=S)Nc2cccc(NC(C)=O)c2)c1C(=O)OC. The lowest BCUT2D eigenvalue weighted by molar-refractivity contribution is -0.114. The van der Waals surface area contributed by atoms with Crippen LogP contribution in [0.1, 0.15) is 34.6 Å². The zero-order chi connectivity index (χ0) is 19.3. The van der Waals surface area contributed by atoms with E-state index in [-0.39, 0.29) is 11.9 Å². The van der Waals surface area contributed by atoms with Crippen LogP contribution in [0.2, 0.25) is 0 Å². The van der Waals surface area contributed by atoms with E-state index < -0.39 is 0 Å². The van der Waals surface area contributed by atoms with Gasteiger partial charge in [0.2, 0.25) is 5.91 Å². The van der Waals surface area contributed by atoms with Crippen LogP contribution in [0, 0.1) is 6.92 Å². The van der Waals surface area contributed by atoms with Gasteiger partial charge in [-0.25, -0.2) is 4.79 Å². The molecule has 0 radical (unpaired) electrons. The largest absolute Gasteiger partial charge is 0.465 e. The summed E-state index contributed by atoms with van der Waals surface area (Å²) in [5.41, 5.74) is 2.87. The van der Waals surface area contributed by atoms with Crippen molar-refractivity contribution >= 4 is 56.9 Å². The monoisotopic (exact) mass is 391 g/mol. The van der Waals surface area contributed by atoms with E-state index in [4.69, 9.17) is 17.0 Å². The molecular weight excluding hydrogens is 370 g/mol. The molecule has 8 heteroatoms. The molecule has 2 rings (SSSR count). The molecule has 26 heavy (non-hydrogen) atoms. The molecule has 0 spiro atoms. The molecule has 138 valence electrons. The first kappa shape index (κ1) is 19.9. The number of carbonyl (C=O) groups is 2. The van der Waals surface area contributed by atoms with E-state index in [1.54, 1.807) is 18.2 Å². The van der Waals surface area contributed by atoms with Gasteiger partial charge in [0.15, 0.2) is 5.11 Å². The first-order valence-electron chi connectivity index (χ1n) is 8.02. The third-order valence-corrected chi connectivity index (χ3v) is 4.89. The topological polar surface area (TPSA) is 79.5 Å². The van der Waals surface area contributed by atoms with Crippen molar-refractivity contribution in [1.29, 1.82) is 0 Å². The molecule has 2 aromatic rings. The summed E-state index contributed by atoms with van der Waals surface area (Å²) in [6, 6.07) is 7.19. The number of benzene rings is 1. The van der Waals surface area contributed by atoms with Crippen molar-refractivity contribution < 1.29 is 14.3 Å². The summed E-state index contributed by atoms with van der Waals surface area (Å²) >= 11 is 6.83. The number of methoxy groups -OCH3 is 1. The fraction of sp³-hybridized carbons (Fsp3) is 0.278. The number of carbonyl (C=O) groups excluding carboxylic acids is 2. The normalized spacial score (nSPS) is 10.2. The smallest absolute Gasteiger partial charge is 0.341 e. The van der Waals surface area contributed by atoms with E-state index in [1.807, 2.05) is 19.9 Å². The van der Waals surface area contributed by atoms with Gasteiger partial charge in [-0.3, -0.25) is 4.79 Å². The van der Waals surface area contributed by atoms with Gasteiger partial charge in [-0.1, -0.05) is 13.0 Å². The van der Waals surface area contributed by atoms with Crippen LogP contribution in [0.3, 0.4) is 0 Å². The summed E-state index contributed by atoms with van der Waals surface area (Å²) in [7, 11) is 1.36. The lowest BCUT2D eigenvalue weighted by Crippen LogP contribution is -2.20. The quantitative estimate of drug-likeness (QED) is 0.524. The van der Waals surface area contributed by atoms with Crippen molar-refractivity contribution in [3.8, 4) is 0 Å². The molecular formula is C18H21N3O3S2. The first-order chi connectivity index (χ1) is 12.3. The number of thiocarbonyl (C=S) groups is 1. The van der Waals surface area contributed by atoms with Gasteiger partial charge in [0, 0.05) is 23.2 Å². The lowest BCUT2D eigenvalue weighted by Gasteiger charge is -2.12. The number of ether oxygens (including phenoxy) is 1. The number of nitrogens with one attached hydrogen (secondary N) is 3. The number of hydrogen-bond acceptors (Lipinski definition) is 5. The van der Waals surface area contributed by atoms with E-state index in [0.717, 1.165) is 22.5 Å². The Bertz CT molecular complexity index is 846. The standard InChI is InChI=1S/C18H21N3O3S2/c1-5-14-10(2)26-16(15(14)17(23)24-4)21-18(25)20-13-8-6-7-12(9-13)19-11(3)22/h6-9H,5H2,1-4H3,(H,19,22)(H2,20,21,25). The maximum atomic E-state index is 12.2. The molecule has 0 atom stereocenters. The van der Waals surface area contributed by atoms with Gasteiger partial charge in [0.1, 0.15) is 5.00 Å². The molecule has 0 saturated carbocycles. The van der Waals surface area contributed by atoms with E-state index in [1.165, 1.54) is 25.4 Å². The number of amides is 1. The highest BCUT2D eigenvalue weighted by Gasteiger charge is 2.22. The van der Waals surface area contributed by atoms with E-state index in [0.29, 0.717) is 21.4 Å². The van der Waals surface area contributed by atoms with Gasteiger partial charge in [-0.2, -0.15) is 0 Å². The number of anilines is 3. The van der Waals surface area contributed by atoms with Crippen LogP contribution in [0.5, 0.6) is 0 Å². The average Bonchev–Trinajstić information content (AvgIpc) is 2.88. The van der Waals surface area contributed by atoms with Gasteiger partial charge >= 0.3 is 5.97 Å². The average molecular weight is 392 g/mol. The Morgan fingerprint density at radius 2 is 1.85 bits per heavy atom. The molecule has 0 aliphatic heterocycles.